The van der Waals surface area contributed by atoms with Crippen LogP contribution in [0.15, 0.2) is 24.3 Å². The molecule has 0 aromatic heterocycles. The third kappa shape index (κ3) is 3.95. The first-order valence-corrected chi connectivity index (χ1v) is 7.05. The average Bonchev–Trinajstić information content (AvgIpc) is 2.84. The minimum absolute atomic E-state index is 0.153. The van der Waals surface area contributed by atoms with Gasteiger partial charge in [-0.05, 0) is 37.0 Å². The van der Waals surface area contributed by atoms with Crippen LogP contribution in [0.5, 0.6) is 5.75 Å². The Balaban J connectivity index is 1.78. The smallest absolute Gasteiger partial charge is 0.237 e. The second kappa shape index (κ2) is 6.72. The Morgan fingerprint density at radius 2 is 2.05 bits per heavy atom. The van der Waals surface area contributed by atoms with E-state index in [0.717, 1.165) is 24.8 Å². The number of benzene rings is 1. The van der Waals surface area contributed by atoms with E-state index in [1.807, 2.05) is 0 Å². The summed E-state index contributed by atoms with van der Waals surface area (Å²) in [5, 5.41) is 21.7. The van der Waals surface area contributed by atoms with Gasteiger partial charge in [0.05, 0.1) is 12.1 Å². The molecule has 1 aromatic rings. The minimum Gasteiger partial charge on any atom is -0.508 e. The number of aliphatic hydroxyl groups excluding tert-OH is 1. The molecule has 1 fully saturated rings. The molecule has 1 aliphatic carbocycles. The molecular formula is C15H22N2O3. The van der Waals surface area contributed by atoms with Gasteiger partial charge in [0.15, 0.2) is 0 Å². The number of nitrogens with two attached hydrogens (primary N) is 1. The number of phenolic OH excluding ortho intramolecular Hbond substituents is 1. The number of nitrogens with one attached hydrogen (secondary N) is 1. The summed E-state index contributed by atoms with van der Waals surface area (Å²) < 4.78 is 0. The summed E-state index contributed by atoms with van der Waals surface area (Å²) in [6.07, 6.45) is 2.92. The lowest BCUT2D eigenvalue weighted by molar-refractivity contribution is -0.122. The van der Waals surface area contributed by atoms with E-state index < -0.39 is 6.04 Å². The molecule has 20 heavy (non-hydrogen) atoms. The first kappa shape index (κ1) is 14.8. The van der Waals surface area contributed by atoms with Crippen molar-refractivity contribution >= 4 is 5.91 Å². The van der Waals surface area contributed by atoms with E-state index in [0.29, 0.717) is 13.0 Å². The third-order valence-corrected chi connectivity index (χ3v) is 3.89. The van der Waals surface area contributed by atoms with Crippen LogP contribution in [0.3, 0.4) is 0 Å². The molecule has 3 unspecified atom stereocenters. The van der Waals surface area contributed by atoms with Crippen LogP contribution in [-0.2, 0) is 11.2 Å². The van der Waals surface area contributed by atoms with Crippen molar-refractivity contribution in [3.8, 4) is 5.75 Å². The maximum Gasteiger partial charge on any atom is 0.237 e. The molecule has 3 atom stereocenters. The Morgan fingerprint density at radius 3 is 2.65 bits per heavy atom. The van der Waals surface area contributed by atoms with Gasteiger partial charge in [-0.15, -0.1) is 0 Å². The van der Waals surface area contributed by atoms with Gasteiger partial charge in [0.2, 0.25) is 5.91 Å². The number of hydrogen-bond acceptors (Lipinski definition) is 4. The fourth-order valence-corrected chi connectivity index (χ4v) is 2.60. The van der Waals surface area contributed by atoms with Gasteiger partial charge in [0.25, 0.3) is 0 Å². The average molecular weight is 278 g/mol. The van der Waals surface area contributed by atoms with Crippen LogP contribution in [-0.4, -0.2) is 34.8 Å². The Bertz CT molecular complexity index is 447. The molecule has 5 heteroatoms. The van der Waals surface area contributed by atoms with E-state index >= 15 is 0 Å². The van der Waals surface area contributed by atoms with Gasteiger partial charge < -0.3 is 21.3 Å². The fourth-order valence-electron chi connectivity index (χ4n) is 2.60. The highest BCUT2D eigenvalue weighted by Gasteiger charge is 2.26. The molecule has 110 valence electrons. The number of aliphatic hydroxyl groups is 1. The molecule has 2 rings (SSSR count). The summed E-state index contributed by atoms with van der Waals surface area (Å²) in [5.74, 6) is 0.152. The van der Waals surface area contributed by atoms with E-state index in [1.165, 1.54) is 0 Å². The molecule has 1 aliphatic rings. The molecule has 0 radical (unpaired) electrons. The van der Waals surface area contributed by atoms with Crippen LogP contribution in [0, 0.1) is 5.92 Å². The highest BCUT2D eigenvalue weighted by Crippen LogP contribution is 2.24. The molecular weight excluding hydrogens is 256 g/mol. The summed E-state index contributed by atoms with van der Waals surface area (Å²) in [6.45, 7) is 0.489. The van der Waals surface area contributed by atoms with Crippen molar-refractivity contribution < 1.29 is 15.0 Å². The number of carbonyl (C=O) groups is 1. The van der Waals surface area contributed by atoms with Crippen molar-refractivity contribution in [3.05, 3.63) is 29.8 Å². The van der Waals surface area contributed by atoms with Gasteiger partial charge in [0, 0.05) is 12.5 Å². The largest absolute Gasteiger partial charge is 0.508 e. The number of carbonyl (C=O) groups excluding carboxylic acids is 1. The van der Waals surface area contributed by atoms with Gasteiger partial charge in [-0.25, -0.2) is 0 Å². The van der Waals surface area contributed by atoms with Gasteiger partial charge in [-0.3, -0.25) is 4.79 Å². The summed E-state index contributed by atoms with van der Waals surface area (Å²) in [4.78, 5) is 11.9. The van der Waals surface area contributed by atoms with Crippen molar-refractivity contribution in [1.29, 1.82) is 0 Å². The van der Waals surface area contributed by atoms with Gasteiger partial charge in [0.1, 0.15) is 5.75 Å². The topological polar surface area (TPSA) is 95.6 Å². The Hall–Kier alpha value is -1.59. The van der Waals surface area contributed by atoms with E-state index in [1.54, 1.807) is 24.3 Å². The van der Waals surface area contributed by atoms with E-state index in [9.17, 15) is 15.0 Å². The molecule has 0 spiro atoms. The van der Waals surface area contributed by atoms with Gasteiger partial charge >= 0.3 is 0 Å². The maximum atomic E-state index is 11.9. The SMILES string of the molecule is NC(Cc1ccc(O)cc1)C(=O)NCC1CCCC1O. The van der Waals surface area contributed by atoms with Crippen molar-refractivity contribution in [1.82, 2.24) is 5.32 Å². The highest BCUT2D eigenvalue weighted by atomic mass is 16.3. The summed E-state index contributed by atoms with van der Waals surface area (Å²) >= 11 is 0. The molecule has 0 aliphatic heterocycles. The lowest BCUT2D eigenvalue weighted by Crippen LogP contribution is -2.44. The molecule has 1 amide bonds. The number of rotatable bonds is 5. The number of hydrogen-bond donors (Lipinski definition) is 4. The normalized spacial score (nSPS) is 23.5. The highest BCUT2D eigenvalue weighted by molar-refractivity contribution is 5.81. The van der Waals surface area contributed by atoms with Crippen molar-refractivity contribution in [3.63, 3.8) is 0 Å². The third-order valence-electron chi connectivity index (χ3n) is 3.89. The van der Waals surface area contributed by atoms with Crippen molar-refractivity contribution in [2.75, 3.05) is 6.54 Å². The summed E-state index contributed by atoms with van der Waals surface area (Å²) in [5.41, 5.74) is 6.78. The molecule has 1 saturated carbocycles. The van der Waals surface area contributed by atoms with Crippen LogP contribution in [0.25, 0.3) is 0 Å². The van der Waals surface area contributed by atoms with E-state index in [2.05, 4.69) is 5.32 Å². The molecule has 5 N–H and O–H groups in total. The second-order valence-electron chi connectivity index (χ2n) is 5.48. The van der Waals surface area contributed by atoms with Crippen molar-refractivity contribution in [2.24, 2.45) is 11.7 Å². The van der Waals surface area contributed by atoms with Crippen molar-refractivity contribution in [2.45, 2.75) is 37.8 Å². The van der Waals surface area contributed by atoms with Gasteiger partial charge in [-0.2, -0.15) is 0 Å². The Morgan fingerprint density at radius 1 is 1.35 bits per heavy atom. The van der Waals surface area contributed by atoms with Crippen LogP contribution in [0.4, 0.5) is 0 Å². The van der Waals surface area contributed by atoms with E-state index in [4.69, 9.17) is 5.73 Å². The fraction of sp³-hybridized carbons (Fsp3) is 0.533. The molecule has 0 bridgehead atoms. The zero-order chi connectivity index (χ0) is 14.5. The number of phenols is 1. The predicted octanol–water partition coefficient (Wildman–Crippen LogP) is 0.539. The summed E-state index contributed by atoms with van der Waals surface area (Å²) in [7, 11) is 0. The zero-order valence-electron chi connectivity index (χ0n) is 11.5. The predicted molar refractivity (Wildman–Crippen MR) is 76.1 cm³/mol. The van der Waals surface area contributed by atoms with Crippen LogP contribution in [0.2, 0.25) is 0 Å². The Kier molecular flexibility index (Phi) is 4.98. The lowest BCUT2D eigenvalue weighted by Gasteiger charge is -2.17. The second-order valence-corrected chi connectivity index (χ2v) is 5.48. The van der Waals surface area contributed by atoms with Gasteiger partial charge in [-0.1, -0.05) is 18.6 Å². The standard InChI is InChI=1S/C15H22N2O3/c16-13(8-10-4-6-12(18)7-5-10)15(20)17-9-11-2-1-3-14(11)19/h4-7,11,13-14,18-19H,1-3,8-9,16H2,(H,17,20). The molecule has 1 aromatic carbocycles. The molecule has 0 heterocycles. The molecule has 5 nitrogen and oxygen atoms in total. The quantitative estimate of drug-likeness (QED) is 0.632. The first-order valence-electron chi connectivity index (χ1n) is 7.05. The Labute approximate surface area is 118 Å². The summed E-state index contributed by atoms with van der Waals surface area (Å²) in [6, 6.07) is 6.05. The van der Waals surface area contributed by atoms with Crippen LogP contribution in [0.1, 0.15) is 24.8 Å². The van der Waals surface area contributed by atoms with Crippen LogP contribution < -0.4 is 11.1 Å². The number of aromatic hydroxyl groups is 1. The monoisotopic (exact) mass is 278 g/mol. The number of amides is 1. The zero-order valence-corrected chi connectivity index (χ0v) is 11.5. The molecule has 0 saturated heterocycles. The van der Waals surface area contributed by atoms with E-state index in [-0.39, 0.29) is 23.7 Å². The first-order chi connectivity index (χ1) is 9.56. The minimum atomic E-state index is -0.613. The van der Waals surface area contributed by atoms with Crippen LogP contribution >= 0.6 is 0 Å². The maximum absolute atomic E-state index is 11.9. The lowest BCUT2D eigenvalue weighted by atomic mass is 10.0.